The monoisotopic (exact) mass is 336 g/mol. The molecule has 3 rings (SSSR count). The Labute approximate surface area is 144 Å². The molecule has 0 spiro atoms. The standard InChI is InChI=1S/C19H16N2O4/c1-2-25-18(22)12-14-4-3-5-17-16(14)10-11-20-19(17)13-6-8-15(9-7-13)21(23)24/h3-11H,2,12H2,1H3. The van der Waals surface area contributed by atoms with Crippen LogP contribution in [0.25, 0.3) is 22.0 Å². The zero-order chi connectivity index (χ0) is 17.8. The molecule has 0 aliphatic carbocycles. The van der Waals surface area contributed by atoms with Crippen LogP contribution >= 0.6 is 0 Å². The molecule has 126 valence electrons. The number of hydrogen-bond acceptors (Lipinski definition) is 5. The fourth-order valence-corrected chi connectivity index (χ4v) is 2.76. The number of carbonyl (C=O) groups is 1. The zero-order valence-corrected chi connectivity index (χ0v) is 13.6. The van der Waals surface area contributed by atoms with Crippen LogP contribution in [0.3, 0.4) is 0 Å². The average Bonchev–Trinajstić information content (AvgIpc) is 2.62. The number of fused-ring (bicyclic) bond motifs is 1. The normalized spacial score (nSPS) is 10.6. The van der Waals surface area contributed by atoms with E-state index in [2.05, 4.69) is 4.98 Å². The molecule has 0 unspecified atom stereocenters. The second kappa shape index (κ2) is 7.09. The highest BCUT2D eigenvalue weighted by Gasteiger charge is 2.12. The highest BCUT2D eigenvalue weighted by atomic mass is 16.6. The van der Waals surface area contributed by atoms with Crippen molar-refractivity contribution < 1.29 is 14.5 Å². The molecule has 0 atom stereocenters. The van der Waals surface area contributed by atoms with Gasteiger partial charge >= 0.3 is 5.97 Å². The Kier molecular flexibility index (Phi) is 4.70. The van der Waals surface area contributed by atoms with Crippen molar-refractivity contribution in [3.05, 3.63) is 70.4 Å². The molecule has 0 saturated carbocycles. The second-order valence-electron chi connectivity index (χ2n) is 5.46. The molecule has 1 aromatic heterocycles. The van der Waals surface area contributed by atoms with Crippen LogP contribution in [0.1, 0.15) is 12.5 Å². The SMILES string of the molecule is CCOC(=O)Cc1cccc2c(-c3ccc([N+](=O)[O-])cc3)nccc12. The van der Waals surface area contributed by atoms with E-state index < -0.39 is 4.92 Å². The highest BCUT2D eigenvalue weighted by molar-refractivity contribution is 5.97. The molecule has 0 saturated heterocycles. The van der Waals surface area contributed by atoms with Crippen LogP contribution in [0.5, 0.6) is 0 Å². The van der Waals surface area contributed by atoms with Crippen LogP contribution < -0.4 is 0 Å². The van der Waals surface area contributed by atoms with E-state index in [0.29, 0.717) is 6.61 Å². The maximum Gasteiger partial charge on any atom is 0.310 e. The van der Waals surface area contributed by atoms with Crippen LogP contribution in [-0.2, 0) is 16.0 Å². The van der Waals surface area contributed by atoms with E-state index in [4.69, 9.17) is 4.74 Å². The Hall–Kier alpha value is -3.28. The summed E-state index contributed by atoms with van der Waals surface area (Å²) in [4.78, 5) is 26.6. The number of hydrogen-bond donors (Lipinski definition) is 0. The molecule has 6 nitrogen and oxygen atoms in total. The third-order valence-corrected chi connectivity index (χ3v) is 3.89. The number of pyridine rings is 1. The smallest absolute Gasteiger partial charge is 0.310 e. The van der Waals surface area contributed by atoms with Gasteiger partial charge in [0.2, 0.25) is 0 Å². The van der Waals surface area contributed by atoms with E-state index in [1.165, 1.54) is 12.1 Å². The van der Waals surface area contributed by atoms with Crippen molar-refractivity contribution in [1.82, 2.24) is 4.98 Å². The largest absolute Gasteiger partial charge is 0.466 e. The van der Waals surface area contributed by atoms with Gasteiger partial charge in [-0.05, 0) is 36.1 Å². The Morgan fingerprint density at radius 3 is 2.56 bits per heavy atom. The minimum absolute atomic E-state index is 0.0342. The number of ether oxygens (including phenoxy) is 1. The van der Waals surface area contributed by atoms with Crippen LogP contribution in [0, 0.1) is 10.1 Å². The molecule has 0 aliphatic rings. The fourth-order valence-electron chi connectivity index (χ4n) is 2.76. The summed E-state index contributed by atoms with van der Waals surface area (Å²) in [5.41, 5.74) is 2.40. The Bertz CT molecular complexity index is 936. The minimum atomic E-state index is -0.433. The number of carbonyl (C=O) groups excluding carboxylic acids is 1. The van der Waals surface area contributed by atoms with E-state index >= 15 is 0 Å². The molecule has 2 aromatic carbocycles. The molecule has 3 aromatic rings. The van der Waals surface area contributed by atoms with Crippen molar-refractivity contribution in [2.45, 2.75) is 13.3 Å². The van der Waals surface area contributed by atoms with Crippen molar-refractivity contribution in [3.63, 3.8) is 0 Å². The van der Waals surface area contributed by atoms with Crippen molar-refractivity contribution >= 4 is 22.4 Å². The van der Waals surface area contributed by atoms with Crippen LogP contribution in [0.4, 0.5) is 5.69 Å². The van der Waals surface area contributed by atoms with Gasteiger partial charge in [-0.1, -0.05) is 18.2 Å². The molecule has 0 bridgehead atoms. The maximum absolute atomic E-state index is 11.8. The predicted octanol–water partition coefficient (Wildman–Crippen LogP) is 3.92. The molecule has 0 radical (unpaired) electrons. The number of aromatic nitrogens is 1. The number of nitrogens with zero attached hydrogens (tertiary/aromatic N) is 2. The molecule has 1 heterocycles. The van der Waals surface area contributed by atoms with Gasteiger partial charge in [0.25, 0.3) is 5.69 Å². The number of rotatable bonds is 5. The lowest BCUT2D eigenvalue weighted by atomic mass is 9.99. The summed E-state index contributed by atoms with van der Waals surface area (Å²) in [6.07, 6.45) is 1.86. The van der Waals surface area contributed by atoms with Gasteiger partial charge in [0, 0.05) is 29.3 Å². The van der Waals surface area contributed by atoms with Gasteiger partial charge < -0.3 is 4.74 Å². The Morgan fingerprint density at radius 2 is 1.88 bits per heavy atom. The first-order valence-electron chi connectivity index (χ1n) is 7.87. The average molecular weight is 336 g/mol. The molecular formula is C19H16N2O4. The molecule has 6 heteroatoms. The van der Waals surface area contributed by atoms with E-state index in [9.17, 15) is 14.9 Å². The molecular weight excluding hydrogens is 320 g/mol. The van der Waals surface area contributed by atoms with Crippen molar-refractivity contribution in [2.75, 3.05) is 6.61 Å². The first-order chi connectivity index (χ1) is 12.1. The lowest BCUT2D eigenvalue weighted by Crippen LogP contribution is -2.07. The van der Waals surface area contributed by atoms with Crippen LogP contribution in [0.2, 0.25) is 0 Å². The van der Waals surface area contributed by atoms with Gasteiger partial charge in [-0.3, -0.25) is 19.9 Å². The van der Waals surface area contributed by atoms with Crippen molar-refractivity contribution in [3.8, 4) is 11.3 Å². The predicted molar refractivity (Wildman–Crippen MR) is 94.2 cm³/mol. The Morgan fingerprint density at radius 1 is 1.12 bits per heavy atom. The van der Waals surface area contributed by atoms with Gasteiger partial charge in [0.15, 0.2) is 0 Å². The highest BCUT2D eigenvalue weighted by Crippen LogP contribution is 2.29. The maximum atomic E-state index is 11.8. The second-order valence-corrected chi connectivity index (χ2v) is 5.46. The van der Waals surface area contributed by atoms with Gasteiger partial charge in [-0.25, -0.2) is 0 Å². The zero-order valence-electron chi connectivity index (χ0n) is 13.6. The first kappa shape index (κ1) is 16.6. The number of esters is 1. The summed E-state index contributed by atoms with van der Waals surface area (Å²) < 4.78 is 5.03. The summed E-state index contributed by atoms with van der Waals surface area (Å²) in [5, 5.41) is 12.6. The topological polar surface area (TPSA) is 82.3 Å². The lowest BCUT2D eigenvalue weighted by molar-refractivity contribution is -0.384. The molecule has 0 N–H and O–H groups in total. The lowest BCUT2D eigenvalue weighted by Gasteiger charge is -2.10. The summed E-state index contributed by atoms with van der Waals surface area (Å²) in [6, 6.07) is 13.8. The summed E-state index contributed by atoms with van der Waals surface area (Å²) in [6.45, 7) is 2.12. The summed E-state index contributed by atoms with van der Waals surface area (Å²) >= 11 is 0. The minimum Gasteiger partial charge on any atom is -0.466 e. The van der Waals surface area contributed by atoms with E-state index in [-0.39, 0.29) is 18.1 Å². The molecule has 0 amide bonds. The van der Waals surface area contributed by atoms with Crippen LogP contribution in [0.15, 0.2) is 54.7 Å². The number of benzene rings is 2. The van der Waals surface area contributed by atoms with E-state index in [1.807, 2.05) is 24.3 Å². The number of nitro groups is 1. The van der Waals surface area contributed by atoms with Crippen molar-refractivity contribution in [1.29, 1.82) is 0 Å². The van der Waals surface area contributed by atoms with Gasteiger partial charge in [-0.2, -0.15) is 0 Å². The van der Waals surface area contributed by atoms with Gasteiger partial charge in [0.1, 0.15) is 0 Å². The quantitative estimate of drug-likeness (QED) is 0.401. The Balaban J connectivity index is 2.05. The molecule has 0 fully saturated rings. The first-order valence-corrected chi connectivity index (χ1v) is 7.87. The van der Waals surface area contributed by atoms with Crippen LogP contribution in [-0.4, -0.2) is 22.5 Å². The molecule has 25 heavy (non-hydrogen) atoms. The third-order valence-electron chi connectivity index (χ3n) is 3.89. The summed E-state index contributed by atoms with van der Waals surface area (Å²) in [7, 11) is 0. The summed E-state index contributed by atoms with van der Waals surface area (Å²) in [5.74, 6) is -0.274. The van der Waals surface area contributed by atoms with E-state index in [0.717, 1.165) is 27.6 Å². The number of nitro benzene ring substituents is 1. The van der Waals surface area contributed by atoms with Crippen molar-refractivity contribution in [2.24, 2.45) is 0 Å². The van der Waals surface area contributed by atoms with Gasteiger partial charge in [0.05, 0.1) is 23.6 Å². The van der Waals surface area contributed by atoms with Gasteiger partial charge in [-0.15, -0.1) is 0 Å². The number of non-ortho nitro benzene ring substituents is 1. The van der Waals surface area contributed by atoms with E-state index in [1.54, 1.807) is 25.3 Å². The third kappa shape index (κ3) is 3.47. The fraction of sp³-hybridized carbons (Fsp3) is 0.158. The molecule has 0 aliphatic heterocycles.